The minimum Gasteiger partial charge on any atom is -0.477 e. The van der Waals surface area contributed by atoms with Gasteiger partial charge in [0, 0.05) is 23.4 Å². The van der Waals surface area contributed by atoms with Gasteiger partial charge >= 0.3 is 5.97 Å². The molecule has 8 heteroatoms. The number of hydrogen-bond acceptors (Lipinski definition) is 3. The van der Waals surface area contributed by atoms with Gasteiger partial charge in [-0.05, 0) is 36.8 Å². The summed E-state index contributed by atoms with van der Waals surface area (Å²) in [4.78, 5) is 24.0. The molecule has 32 heavy (non-hydrogen) atoms. The second kappa shape index (κ2) is 7.26. The predicted octanol–water partition coefficient (Wildman–Crippen LogP) is 4.60. The average molecular weight is 433 g/mol. The highest BCUT2D eigenvalue weighted by Gasteiger charge is 2.30. The Morgan fingerprint density at radius 1 is 1.06 bits per heavy atom. The predicted molar refractivity (Wildman–Crippen MR) is 114 cm³/mol. The number of carboxylic acids is 1. The first-order chi connectivity index (χ1) is 15.3. The van der Waals surface area contributed by atoms with Crippen LogP contribution in [0.15, 0.2) is 65.6 Å². The summed E-state index contributed by atoms with van der Waals surface area (Å²) in [6.07, 6.45) is 1.33. The number of carboxylic acid groups (broad SMARTS) is 1. The van der Waals surface area contributed by atoms with Crippen molar-refractivity contribution in [2.45, 2.75) is 19.5 Å². The lowest BCUT2D eigenvalue weighted by Crippen LogP contribution is -2.27. The quantitative estimate of drug-likeness (QED) is 0.512. The maximum atomic E-state index is 14.1. The summed E-state index contributed by atoms with van der Waals surface area (Å²) >= 11 is 0. The second-order valence-electron chi connectivity index (χ2n) is 7.77. The summed E-state index contributed by atoms with van der Waals surface area (Å²) < 4.78 is 31.6. The van der Waals surface area contributed by atoms with Gasteiger partial charge in [0.05, 0.1) is 24.0 Å². The molecule has 160 valence electrons. The third-order valence-corrected chi connectivity index (χ3v) is 5.63. The SMILES string of the molecule is C[C@@H]1Cn2nc(-c3cccc(F)c3)c(-c3cccc(F)c3)c2-c2cc(=O)c(C(=O)O)cn21. The molecule has 0 amide bonds. The molecule has 2 aromatic carbocycles. The van der Waals surface area contributed by atoms with Crippen molar-refractivity contribution in [3.05, 3.63) is 88.2 Å². The highest BCUT2D eigenvalue weighted by atomic mass is 19.1. The summed E-state index contributed by atoms with van der Waals surface area (Å²) in [6.45, 7) is 2.27. The maximum absolute atomic E-state index is 14.1. The van der Waals surface area contributed by atoms with E-state index in [0.717, 1.165) is 0 Å². The summed E-state index contributed by atoms with van der Waals surface area (Å²) in [5.41, 5.74) is 2.06. The summed E-state index contributed by atoms with van der Waals surface area (Å²) in [6, 6.07) is 13.0. The molecule has 1 atom stereocenters. The van der Waals surface area contributed by atoms with Crippen LogP contribution in [0.25, 0.3) is 33.8 Å². The molecule has 1 aliphatic heterocycles. The van der Waals surface area contributed by atoms with Crippen LogP contribution in [0.2, 0.25) is 0 Å². The molecule has 2 aromatic heterocycles. The average Bonchev–Trinajstić information content (AvgIpc) is 3.12. The second-order valence-corrected chi connectivity index (χ2v) is 7.77. The summed E-state index contributed by atoms with van der Waals surface area (Å²) in [7, 11) is 0. The molecule has 5 rings (SSSR count). The fourth-order valence-corrected chi connectivity index (χ4v) is 4.21. The van der Waals surface area contributed by atoms with Crippen LogP contribution >= 0.6 is 0 Å². The number of benzene rings is 2. The third-order valence-electron chi connectivity index (χ3n) is 5.63. The minimum atomic E-state index is -1.30. The Morgan fingerprint density at radius 3 is 2.38 bits per heavy atom. The number of rotatable bonds is 3. The van der Waals surface area contributed by atoms with Gasteiger partial charge < -0.3 is 9.67 Å². The first-order valence-corrected chi connectivity index (χ1v) is 9.96. The number of fused-ring (bicyclic) bond motifs is 3. The van der Waals surface area contributed by atoms with E-state index in [9.17, 15) is 23.5 Å². The number of hydrogen-bond donors (Lipinski definition) is 1. The normalized spacial score (nSPS) is 14.7. The molecule has 0 saturated carbocycles. The van der Waals surface area contributed by atoms with Gasteiger partial charge in [0.2, 0.25) is 0 Å². The highest BCUT2D eigenvalue weighted by Crippen LogP contribution is 2.43. The Hall–Kier alpha value is -4.07. The molecule has 0 unspecified atom stereocenters. The number of carbonyl (C=O) groups is 1. The highest BCUT2D eigenvalue weighted by molar-refractivity contribution is 5.92. The van der Waals surface area contributed by atoms with Gasteiger partial charge in [0.25, 0.3) is 0 Å². The van der Waals surface area contributed by atoms with Crippen LogP contribution in [0.5, 0.6) is 0 Å². The molecule has 0 spiro atoms. The smallest absolute Gasteiger partial charge is 0.341 e. The van der Waals surface area contributed by atoms with E-state index in [1.165, 1.54) is 36.5 Å². The molecule has 6 nitrogen and oxygen atoms in total. The van der Waals surface area contributed by atoms with E-state index < -0.39 is 23.0 Å². The van der Waals surface area contributed by atoms with Gasteiger partial charge in [0.1, 0.15) is 22.9 Å². The van der Waals surface area contributed by atoms with Crippen molar-refractivity contribution in [1.82, 2.24) is 14.3 Å². The molecule has 1 aliphatic rings. The lowest BCUT2D eigenvalue weighted by Gasteiger charge is -2.27. The molecular weight excluding hydrogens is 416 g/mol. The largest absolute Gasteiger partial charge is 0.477 e. The fraction of sp³-hybridized carbons (Fsp3) is 0.125. The van der Waals surface area contributed by atoms with Crippen LogP contribution in [0.1, 0.15) is 23.3 Å². The van der Waals surface area contributed by atoms with Crippen LogP contribution in [0.3, 0.4) is 0 Å². The lowest BCUT2D eigenvalue weighted by molar-refractivity contribution is 0.0694. The van der Waals surface area contributed by atoms with Crippen molar-refractivity contribution in [2.24, 2.45) is 0 Å². The van der Waals surface area contributed by atoms with Crippen LogP contribution in [-0.2, 0) is 6.54 Å². The van der Waals surface area contributed by atoms with Gasteiger partial charge in [-0.15, -0.1) is 0 Å². The Labute approximate surface area is 181 Å². The summed E-state index contributed by atoms with van der Waals surface area (Å²) in [5.74, 6) is -2.19. The minimum absolute atomic E-state index is 0.197. The van der Waals surface area contributed by atoms with E-state index in [4.69, 9.17) is 5.10 Å². The Morgan fingerprint density at radius 2 is 1.72 bits per heavy atom. The van der Waals surface area contributed by atoms with Gasteiger partial charge in [-0.25, -0.2) is 13.6 Å². The first-order valence-electron chi connectivity index (χ1n) is 9.96. The van der Waals surface area contributed by atoms with E-state index >= 15 is 0 Å². The Bertz CT molecular complexity index is 1460. The van der Waals surface area contributed by atoms with Gasteiger partial charge in [0.15, 0.2) is 5.43 Å². The van der Waals surface area contributed by atoms with Gasteiger partial charge in [-0.3, -0.25) is 9.48 Å². The molecule has 4 aromatic rings. The van der Waals surface area contributed by atoms with Gasteiger partial charge in [-0.1, -0.05) is 24.3 Å². The standard InChI is InChI=1S/C24H17F2N3O3/c1-13-11-29-23(19-10-20(30)18(24(31)32)12-28(13)19)21(14-4-2-6-16(25)8-14)22(27-29)15-5-3-7-17(26)9-15/h2-10,12-13H,11H2,1H3,(H,31,32)/t13-/m1/s1. The molecule has 3 heterocycles. The van der Waals surface area contributed by atoms with E-state index in [0.29, 0.717) is 40.3 Å². The number of nitrogens with zero attached hydrogens (tertiary/aromatic N) is 3. The van der Waals surface area contributed by atoms with Crippen molar-refractivity contribution >= 4 is 5.97 Å². The van der Waals surface area contributed by atoms with Crippen LogP contribution < -0.4 is 5.43 Å². The molecule has 0 radical (unpaired) electrons. The van der Waals surface area contributed by atoms with E-state index in [1.54, 1.807) is 33.5 Å². The van der Waals surface area contributed by atoms with Crippen molar-refractivity contribution in [3.8, 4) is 33.8 Å². The van der Waals surface area contributed by atoms with Crippen LogP contribution in [-0.4, -0.2) is 25.4 Å². The molecule has 0 bridgehead atoms. The zero-order valence-corrected chi connectivity index (χ0v) is 16.9. The molecule has 0 saturated heterocycles. The topological polar surface area (TPSA) is 77.1 Å². The van der Waals surface area contributed by atoms with Crippen LogP contribution in [0, 0.1) is 11.6 Å². The molecule has 0 fully saturated rings. The van der Waals surface area contributed by atoms with Crippen molar-refractivity contribution in [1.29, 1.82) is 0 Å². The number of halogens is 2. The van der Waals surface area contributed by atoms with E-state index in [-0.39, 0.29) is 11.6 Å². The molecule has 1 N–H and O–H groups in total. The zero-order chi connectivity index (χ0) is 22.6. The van der Waals surface area contributed by atoms with E-state index in [2.05, 4.69) is 0 Å². The fourth-order valence-electron chi connectivity index (χ4n) is 4.21. The molecular formula is C24H17F2N3O3. The molecule has 0 aliphatic carbocycles. The van der Waals surface area contributed by atoms with Crippen LogP contribution in [0.4, 0.5) is 8.78 Å². The third kappa shape index (κ3) is 3.11. The number of pyridine rings is 1. The maximum Gasteiger partial charge on any atom is 0.341 e. The Kier molecular flexibility index (Phi) is 4.51. The first kappa shape index (κ1) is 19.9. The Balaban J connectivity index is 1.87. The number of aromatic nitrogens is 3. The van der Waals surface area contributed by atoms with E-state index in [1.807, 2.05) is 6.92 Å². The zero-order valence-electron chi connectivity index (χ0n) is 16.9. The van der Waals surface area contributed by atoms with Crippen molar-refractivity contribution in [2.75, 3.05) is 0 Å². The lowest BCUT2D eigenvalue weighted by atomic mass is 9.96. The van der Waals surface area contributed by atoms with Gasteiger partial charge in [-0.2, -0.15) is 5.10 Å². The summed E-state index contributed by atoms with van der Waals surface area (Å²) in [5, 5.41) is 14.1. The van der Waals surface area contributed by atoms with Crippen molar-refractivity contribution < 1.29 is 18.7 Å². The number of aromatic carboxylic acids is 1. The monoisotopic (exact) mass is 433 g/mol. The van der Waals surface area contributed by atoms with Crippen molar-refractivity contribution in [3.63, 3.8) is 0 Å².